The Labute approximate surface area is 97.8 Å². The summed E-state index contributed by atoms with van der Waals surface area (Å²) in [6.07, 6.45) is 3.66. The van der Waals surface area contributed by atoms with Gasteiger partial charge in [0.25, 0.3) is 0 Å². The molecule has 4 heteroatoms. The maximum atomic E-state index is 8.77. The van der Waals surface area contributed by atoms with E-state index in [4.69, 9.17) is 5.26 Å². The summed E-state index contributed by atoms with van der Waals surface area (Å²) in [6, 6.07) is 13.6. The van der Waals surface area contributed by atoms with Gasteiger partial charge < -0.3 is 0 Å². The lowest BCUT2D eigenvalue weighted by molar-refractivity contribution is 0.932. The number of hydrogen-bond acceptors (Lipinski definition) is 3. The molecule has 1 aromatic carbocycles. The van der Waals surface area contributed by atoms with E-state index in [0.29, 0.717) is 11.3 Å². The Morgan fingerprint density at radius 2 is 1.94 bits per heavy atom. The van der Waals surface area contributed by atoms with E-state index in [2.05, 4.69) is 10.1 Å². The zero-order valence-electron chi connectivity index (χ0n) is 8.91. The van der Waals surface area contributed by atoms with Gasteiger partial charge in [-0.1, -0.05) is 30.3 Å². The van der Waals surface area contributed by atoms with Crippen LogP contribution in [0, 0.1) is 11.3 Å². The van der Waals surface area contributed by atoms with Gasteiger partial charge in [-0.15, -0.1) is 0 Å². The van der Waals surface area contributed by atoms with Crippen LogP contribution < -0.4 is 0 Å². The van der Waals surface area contributed by atoms with Gasteiger partial charge in [-0.05, 0) is 5.56 Å². The monoisotopic (exact) mass is 220 g/mol. The molecular formula is C13H8N4. The smallest absolute Gasteiger partial charge is 0.165 e. The predicted octanol–water partition coefficient (Wildman–Crippen LogP) is 2.27. The highest BCUT2D eigenvalue weighted by Gasteiger charge is 2.03. The van der Waals surface area contributed by atoms with Crippen LogP contribution in [0.25, 0.3) is 16.8 Å². The van der Waals surface area contributed by atoms with Crippen LogP contribution in [0.15, 0.2) is 48.8 Å². The van der Waals surface area contributed by atoms with Gasteiger partial charge in [-0.25, -0.2) is 9.50 Å². The topological polar surface area (TPSA) is 54.0 Å². The molecule has 0 fully saturated rings. The number of rotatable bonds is 1. The SMILES string of the molecule is N#Cc1cc2ncc(-c3ccccc3)cn2n1. The summed E-state index contributed by atoms with van der Waals surface area (Å²) in [7, 11) is 0. The number of nitrogens with zero attached hydrogens (tertiary/aromatic N) is 4. The summed E-state index contributed by atoms with van der Waals surface area (Å²) in [5.41, 5.74) is 3.12. The fraction of sp³-hybridized carbons (Fsp3) is 0. The van der Waals surface area contributed by atoms with E-state index in [0.717, 1.165) is 11.1 Å². The Morgan fingerprint density at radius 3 is 2.71 bits per heavy atom. The highest BCUT2D eigenvalue weighted by Crippen LogP contribution is 2.18. The number of hydrogen-bond donors (Lipinski definition) is 0. The highest BCUT2D eigenvalue weighted by molar-refractivity contribution is 5.62. The molecule has 80 valence electrons. The van der Waals surface area contributed by atoms with Gasteiger partial charge in [-0.3, -0.25) is 0 Å². The average molecular weight is 220 g/mol. The number of aromatic nitrogens is 3. The van der Waals surface area contributed by atoms with Crippen molar-refractivity contribution >= 4 is 5.65 Å². The van der Waals surface area contributed by atoms with Crippen molar-refractivity contribution in [3.8, 4) is 17.2 Å². The second-order valence-corrected chi connectivity index (χ2v) is 3.65. The minimum absolute atomic E-state index is 0.378. The molecule has 0 amide bonds. The molecule has 0 aliphatic heterocycles. The van der Waals surface area contributed by atoms with Gasteiger partial charge in [0.05, 0.1) is 0 Å². The molecule has 0 aliphatic carbocycles. The molecule has 4 nitrogen and oxygen atoms in total. The Balaban J connectivity index is 2.17. The van der Waals surface area contributed by atoms with E-state index in [1.807, 2.05) is 42.6 Å². The second-order valence-electron chi connectivity index (χ2n) is 3.65. The first kappa shape index (κ1) is 9.55. The van der Waals surface area contributed by atoms with Gasteiger partial charge in [0.1, 0.15) is 6.07 Å². The van der Waals surface area contributed by atoms with Crippen molar-refractivity contribution in [3.05, 3.63) is 54.5 Å². The Bertz CT molecular complexity index is 707. The summed E-state index contributed by atoms with van der Waals surface area (Å²) < 4.78 is 1.63. The van der Waals surface area contributed by atoms with Crippen LogP contribution >= 0.6 is 0 Å². The Morgan fingerprint density at radius 1 is 1.12 bits per heavy atom. The standard InChI is InChI=1S/C13H8N4/c14-7-12-6-13-15-8-11(9-17(13)16-12)10-4-2-1-3-5-10/h1-6,8-9H. The quantitative estimate of drug-likeness (QED) is 0.632. The molecule has 0 spiro atoms. The zero-order chi connectivity index (χ0) is 11.7. The number of nitriles is 1. The van der Waals surface area contributed by atoms with Crippen LogP contribution in [0.3, 0.4) is 0 Å². The zero-order valence-corrected chi connectivity index (χ0v) is 8.91. The van der Waals surface area contributed by atoms with Crippen molar-refractivity contribution < 1.29 is 0 Å². The molecule has 0 aliphatic rings. The third-order valence-electron chi connectivity index (χ3n) is 2.53. The van der Waals surface area contributed by atoms with E-state index in [1.54, 1.807) is 16.8 Å². The molecule has 0 radical (unpaired) electrons. The third-order valence-corrected chi connectivity index (χ3v) is 2.53. The average Bonchev–Trinajstić information content (AvgIpc) is 2.81. The van der Waals surface area contributed by atoms with Crippen LogP contribution in [0.2, 0.25) is 0 Å². The molecule has 0 unspecified atom stereocenters. The molecule has 2 aromatic heterocycles. The largest absolute Gasteiger partial charge is 0.236 e. The molecule has 17 heavy (non-hydrogen) atoms. The minimum Gasteiger partial charge on any atom is -0.236 e. The third kappa shape index (κ3) is 1.64. The first-order valence-electron chi connectivity index (χ1n) is 5.18. The van der Waals surface area contributed by atoms with Gasteiger partial charge in [0, 0.05) is 24.0 Å². The second kappa shape index (κ2) is 3.72. The maximum Gasteiger partial charge on any atom is 0.165 e. The van der Waals surface area contributed by atoms with Crippen molar-refractivity contribution in [2.24, 2.45) is 0 Å². The van der Waals surface area contributed by atoms with Crippen LogP contribution in [-0.4, -0.2) is 14.6 Å². The lowest BCUT2D eigenvalue weighted by Gasteiger charge is -2.00. The fourth-order valence-electron chi connectivity index (χ4n) is 1.71. The van der Waals surface area contributed by atoms with Gasteiger partial charge in [0.2, 0.25) is 0 Å². The summed E-state index contributed by atoms with van der Waals surface area (Å²) >= 11 is 0. The van der Waals surface area contributed by atoms with Crippen molar-refractivity contribution in [1.29, 1.82) is 5.26 Å². The first-order valence-corrected chi connectivity index (χ1v) is 5.18. The number of fused-ring (bicyclic) bond motifs is 1. The van der Waals surface area contributed by atoms with Crippen LogP contribution in [0.1, 0.15) is 5.69 Å². The number of benzene rings is 1. The lowest BCUT2D eigenvalue weighted by atomic mass is 10.1. The Kier molecular flexibility index (Phi) is 2.09. The van der Waals surface area contributed by atoms with E-state index in [1.165, 1.54) is 0 Å². The molecule has 3 aromatic rings. The molecule has 2 heterocycles. The summed E-state index contributed by atoms with van der Waals surface area (Å²) in [5.74, 6) is 0. The predicted molar refractivity (Wildman–Crippen MR) is 63.1 cm³/mol. The first-order chi connectivity index (χ1) is 8.36. The molecule has 0 bridgehead atoms. The van der Waals surface area contributed by atoms with Crippen molar-refractivity contribution in [1.82, 2.24) is 14.6 Å². The molecule has 3 rings (SSSR count). The summed E-state index contributed by atoms with van der Waals surface area (Å²) in [4.78, 5) is 4.28. The fourth-order valence-corrected chi connectivity index (χ4v) is 1.71. The van der Waals surface area contributed by atoms with Crippen molar-refractivity contribution in [2.45, 2.75) is 0 Å². The van der Waals surface area contributed by atoms with E-state index < -0.39 is 0 Å². The van der Waals surface area contributed by atoms with Crippen LogP contribution in [0.5, 0.6) is 0 Å². The van der Waals surface area contributed by atoms with E-state index in [9.17, 15) is 0 Å². The Hall–Kier alpha value is -2.67. The van der Waals surface area contributed by atoms with E-state index >= 15 is 0 Å². The van der Waals surface area contributed by atoms with Crippen LogP contribution in [0.4, 0.5) is 0 Å². The normalized spacial score (nSPS) is 10.3. The van der Waals surface area contributed by atoms with Gasteiger partial charge in [0.15, 0.2) is 11.3 Å². The molecule has 0 saturated heterocycles. The maximum absolute atomic E-state index is 8.77. The van der Waals surface area contributed by atoms with Crippen molar-refractivity contribution in [2.75, 3.05) is 0 Å². The van der Waals surface area contributed by atoms with Crippen molar-refractivity contribution in [3.63, 3.8) is 0 Å². The summed E-state index contributed by atoms with van der Waals surface area (Å²) in [5, 5.41) is 12.9. The minimum atomic E-state index is 0.378. The molecule has 0 N–H and O–H groups in total. The van der Waals surface area contributed by atoms with Gasteiger partial charge >= 0.3 is 0 Å². The van der Waals surface area contributed by atoms with E-state index in [-0.39, 0.29) is 0 Å². The van der Waals surface area contributed by atoms with Crippen LogP contribution in [-0.2, 0) is 0 Å². The molecule has 0 saturated carbocycles. The molecular weight excluding hydrogens is 212 g/mol. The highest BCUT2D eigenvalue weighted by atomic mass is 15.2. The molecule has 0 atom stereocenters. The summed E-state index contributed by atoms with van der Waals surface area (Å²) in [6.45, 7) is 0. The van der Waals surface area contributed by atoms with Gasteiger partial charge in [-0.2, -0.15) is 10.4 Å². The lowest BCUT2D eigenvalue weighted by Crippen LogP contribution is -1.91.